The Labute approximate surface area is 152 Å². The molecule has 1 rings (SSSR count). The molecular formula is C20H35NO4. The molecule has 5 heteroatoms. The summed E-state index contributed by atoms with van der Waals surface area (Å²) >= 11 is 0. The van der Waals surface area contributed by atoms with E-state index < -0.39 is 6.10 Å². The highest BCUT2D eigenvalue weighted by Crippen LogP contribution is 2.31. The Morgan fingerprint density at radius 1 is 0.960 bits per heavy atom. The van der Waals surface area contributed by atoms with Crippen molar-refractivity contribution in [2.75, 3.05) is 40.5 Å². The van der Waals surface area contributed by atoms with Crippen LogP contribution in [0.4, 0.5) is 0 Å². The first kappa shape index (κ1) is 21.7. The first-order valence-corrected chi connectivity index (χ1v) is 9.05. The summed E-state index contributed by atoms with van der Waals surface area (Å²) in [6.45, 7) is 11.7. The van der Waals surface area contributed by atoms with Gasteiger partial charge < -0.3 is 19.3 Å². The molecule has 0 bridgehead atoms. The Kier molecular flexibility index (Phi) is 9.86. The molecule has 1 atom stereocenters. The van der Waals surface area contributed by atoms with Crippen molar-refractivity contribution in [2.45, 2.75) is 40.3 Å². The first-order valence-electron chi connectivity index (χ1n) is 9.05. The van der Waals surface area contributed by atoms with Gasteiger partial charge in [0.25, 0.3) is 0 Å². The van der Waals surface area contributed by atoms with Crippen molar-refractivity contribution in [3.8, 4) is 11.5 Å². The van der Waals surface area contributed by atoms with E-state index in [2.05, 4.69) is 32.6 Å². The van der Waals surface area contributed by atoms with E-state index in [1.165, 1.54) is 0 Å². The van der Waals surface area contributed by atoms with Gasteiger partial charge in [0.1, 0.15) is 0 Å². The normalized spacial score (nSPS) is 12.9. The third-order valence-electron chi connectivity index (χ3n) is 3.73. The number of aliphatic hydroxyl groups excluding tert-OH is 1. The van der Waals surface area contributed by atoms with Crippen molar-refractivity contribution in [1.82, 2.24) is 4.90 Å². The largest absolute Gasteiger partial charge is 0.493 e. The van der Waals surface area contributed by atoms with Crippen LogP contribution in [0.2, 0.25) is 0 Å². The van der Waals surface area contributed by atoms with Gasteiger partial charge in [0.15, 0.2) is 11.5 Å². The lowest BCUT2D eigenvalue weighted by Gasteiger charge is -2.27. The molecule has 0 saturated heterocycles. The minimum Gasteiger partial charge on any atom is -0.493 e. The zero-order chi connectivity index (χ0) is 18.8. The molecule has 1 aromatic rings. The van der Waals surface area contributed by atoms with Crippen LogP contribution in [-0.2, 0) is 11.3 Å². The molecule has 0 saturated carbocycles. The van der Waals surface area contributed by atoms with Crippen LogP contribution in [0.1, 0.15) is 33.3 Å². The molecule has 1 N–H and O–H groups in total. The number of ether oxygens (including phenoxy) is 3. The van der Waals surface area contributed by atoms with Gasteiger partial charge in [-0.25, -0.2) is 0 Å². The van der Waals surface area contributed by atoms with Crippen LogP contribution in [0.15, 0.2) is 18.2 Å². The topological polar surface area (TPSA) is 51.2 Å². The summed E-state index contributed by atoms with van der Waals surface area (Å²) in [5.74, 6) is 2.45. The Hall–Kier alpha value is -1.30. The maximum absolute atomic E-state index is 10.3. The summed E-state index contributed by atoms with van der Waals surface area (Å²) in [7, 11) is 3.30. The van der Waals surface area contributed by atoms with Crippen LogP contribution in [-0.4, -0.2) is 56.6 Å². The second-order valence-corrected chi connectivity index (χ2v) is 7.33. The number of aliphatic hydroxyl groups is 1. The third-order valence-corrected chi connectivity index (χ3v) is 3.73. The van der Waals surface area contributed by atoms with Gasteiger partial charge >= 0.3 is 0 Å². The maximum Gasteiger partial charge on any atom is 0.165 e. The van der Waals surface area contributed by atoms with Crippen LogP contribution in [0.25, 0.3) is 0 Å². The van der Waals surface area contributed by atoms with Gasteiger partial charge in [-0.05, 0) is 17.9 Å². The third kappa shape index (κ3) is 8.08. The monoisotopic (exact) mass is 353 g/mol. The highest BCUT2D eigenvalue weighted by Gasteiger charge is 2.17. The summed E-state index contributed by atoms with van der Waals surface area (Å²) < 4.78 is 16.5. The summed E-state index contributed by atoms with van der Waals surface area (Å²) in [5.41, 5.74) is 1.05. The van der Waals surface area contributed by atoms with Crippen molar-refractivity contribution in [3.63, 3.8) is 0 Å². The number of hydrogen-bond donors (Lipinski definition) is 1. The van der Waals surface area contributed by atoms with E-state index in [9.17, 15) is 5.11 Å². The molecule has 0 fully saturated rings. The predicted molar refractivity (Wildman–Crippen MR) is 101 cm³/mol. The van der Waals surface area contributed by atoms with Gasteiger partial charge in [0.2, 0.25) is 0 Å². The first-order chi connectivity index (χ1) is 11.9. The lowest BCUT2D eigenvalue weighted by atomic mass is 10.1. The zero-order valence-electron chi connectivity index (χ0n) is 16.6. The van der Waals surface area contributed by atoms with Crippen molar-refractivity contribution in [1.29, 1.82) is 0 Å². The molecule has 1 aromatic carbocycles. The van der Waals surface area contributed by atoms with Crippen molar-refractivity contribution >= 4 is 0 Å². The molecule has 0 aliphatic heterocycles. The van der Waals surface area contributed by atoms with Crippen LogP contribution >= 0.6 is 0 Å². The molecule has 0 aliphatic rings. The average Bonchev–Trinajstić information content (AvgIpc) is 2.53. The van der Waals surface area contributed by atoms with Crippen molar-refractivity contribution in [2.24, 2.45) is 11.8 Å². The molecule has 144 valence electrons. The standard InChI is InChI=1S/C20H35NO4/c1-15(2)10-21(12-18(22)14-25-13-16(3)4)11-17-8-7-9-19(23-5)20(17)24-6/h7-9,15-16,18,22H,10-14H2,1-6H3/t18-/m0/s1. The van der Waals surface area contributed by atoms with Gasteiger partial charge in [-0.15, -0.1) is 0 Å². The van der Waals surface area contributed by atoms with E-state index in [-0.39, 0.29) is 0 Å². The van der Waals surface area contributed by atoms with Gasteiger partial charge in [-0.2, -0.15) is 0 Å². The van der Waals surface area contributed by atoms with E-state index in [0.29, 0.717) is 38.1 Å². The number of hydrogen-bond acceptors (Lipinski definition) is 5. The second kappa shape index (κ2) is 11.3. The average molecular weight is 354 g/mol. The highest BCUT2D eigenvalue weighted by molar-refractivity contribution is 5.46. The molecule has 25 heavy (non-hydrogen) atoms. The lowest BCUT2D eigenvalue weighted by molar-refractivity contribution is 0.00512. The van der Waals surface area contributed by atoms with Gasteiger partial charge in [-0.3, -0.25) is 4.90 Å². The van der Waals surface area contributed by atoms with Crippen molar-refractivity contribution in [3.05, 3.63) is 23.8 Å². The Morgan fingerprint density at radius 2 is 1.68 bits per heavy atom. The SMILES string of the molecule is COc1cccc(CN(CC(C)C)C[C@H](O)COCC(C)C)c1OC. The van der Waals surface area contributed by atoms with Crippen LogP contribution < -0.4 is 9.47 Å². The molecule has 0 amide bonds. The van der Waals surface area contributed by atoms with Gasteiger partial charge in [0, 0.05) is 31.8 Å². The Bertz CT molecular complexity index is 491. The second-order valence-electron chi connectivity index (χ2n) is 7.33. The number of benzene rings is 1. The molecule has 0 aliphatic carbocycles. The molecule has 0 heterocycles. The van der Waals surface area contributed by atoms with E-state index in [0.717, 1.165) is 23.6 Å². The summed E-state index contributed by atoms with van der Waals surface area (Å²) in [6, 6.07) is 5.90. The van der Waals surface area contributed by atoms with Crippen molar-refractivity contribution < 1.29 is 19.3 Å². The number of rotatable bonds is 12. The quantitative estimate of drug-likeness (QED) is 0.625. The van der Waals surface area contributed by atoms with Gasteiger partial charge in [0.05, 0.1) is 26.9 Å². The summed E-state index contributed by atoms with van der Waals surface area (Å²) in [5, 5.41) is 10.3. The van der Waals surface area contributed by atoms with Crippen LogP contribution in [0.5, 0.6) is 11.5 Å². The summed E-state index contributed by atoms with van der Waals surface area (Å²) in [4.78, 5) is 2.24. The predicted octanol–water partition coefficient (Wildman–Crippen LogP) is 3.20. The van der Waals surface area contributed by atoms with E-state index in [1.807, 2.05) is 18.2 Å². The molecule has 0 unspecified atom stereocenters. The minimum absolute atomic E-state index is 0.363. The fourth-order valence-corrected chi connectivity index (χ4v) is 2.83. The van der Waals surface area contributed by atoms with Crippen LogP contribution in [0.3, 0.4) is 0 Å². The Morgan fingerprint density at radius 3 is 2.24 bits per heavy atom. The van der Waals surface area contributed by atoms with E-state index in [4.69, 9.17) is 14.2 Å². The number of para-hydroxylation sites is 1. The lowest BCUT2D eigenvalue weighted by Crippen LogP contribution is -2.37. The molecule has 0 radical (unpaired) electrons. The number of methoxy groups -OCH3 is 2. The minimum atomic E-state index is -0.505. The van der Waals surface area contributed by atoms with E-state index in [1.54, 1.807) is 14.2 Å². The van der Waals surface area contributed by atoms with Gasteiger partial charge in [-0.1, -0.05) is 39.8 Å². The van der Waals surface area contributed by atoms with E-state index >= 15 is 0 Å². The molecule has 5 nitrogen and oxygen atoms in total. The summed E-state index contributed by atoms with van der Waals surface area (Å²) in [6.07, 6.45) is -0.505. The Balaban J connectivity index is 2.76. The fourth-order valence-electron chi connectivity index (χ4n) is 2.83. The molecular weight excluding hydrogens is 318 g/mol. The molecule has 0 spiro atoms. The highest BCUT2D eigenvalue weighted by atomic mass is 16.5. The number of nitrogens with zero attached hydrogens (tertiary/aromatic N) is 1. The smallest absolute Gasteiger partial charge is 0.165 e. The fraction of sp³-hybridized carbons (Fsp3) is 0.700. The maximum atomic E-state index is 10.3. The van der Waals surface area contributed by atoms with Crippen LogP contribution in [0, 0.1) is 11.8 Å². The zero-order valence-corrected chi connectivity index (χ0v) is 16.6. The molecule has 0 aromatic heterocycles.